The summed E-state index contributed by atoms with van der Waals surface area (Å²) >= 11 is 0. The summed E-state index contributed by atoms with van der Waals surface area (Å²) in [6.45, 7) is 3.33. The lowest BCUT2D eigenvalue weighted by Gasteiger charge is -2.15. The molecule has 0 aliphatic carbocycles. The van der Waals surface area contributed by atoms with Gasteiger partial charge in [-0.05, 0) is 26.0 Å². The molecule has 0 saturated heterocycles. The molecule has 1 heterocycles. The number of aryl methyl sites for hydroxylation is 1. The van der Waals surface area contributed by atoms with E-state index in [9.17, 15) is 18.0 Å². The van der Waals surface area contributed by atoms with Crippen molar-refractivity contribution < 1.29 is 22.7 Å². The molecule has 1 aromatic carbocycles. The van der Waals surface area contributed by atoms with Crippen LogP contribution < -0.4 is 15.4 Å². The average Bonchev–Trinajstić information content (AvgIpc) is 3.02. The van der Waals surface area contributed by atoms with E-state index < -0.39 is 32.7 Å². The molecule has 0 aliphatic rings. The third-order valence-corrected chi connectivity index (χ3v) is 5.96. The predicted molar refractivity (Wildman–Crippen MR) is 106 cm³/mol. The fraction of sp³-hybridized carbons (Fsp3) is 0.333. The minimum Gasteiger partial charge on any atom is -0.492 e. The minimum absolute atomic E-state index is 0.0784. The van der Waals surface area contributed by atoms with Crippen LogP contribution >= 0.6 is 0 Å². The van der Waals surface area contributed by atoms with Crippen LogP contribution in [0.3, 0.4) is 0 Å². The number of nitrogens with one attached hydrogen (secondary N) is 2. The normalized spacial score (nSPS) is 11.9. The molecule has 2 amide bonds. The Morgan fingerprint density at radius 1 is 1.31 bits per heavy atom. The highest BCUT2D eigenvalue weighted by molar-refractivity contribution is 7.93. The van der Waals surface area contributed by atoms with E-state index in [0.29, 0.717) is 18.0 Å². The van der Waals surface area contributed by atoms with Crippen LogP contribution in [0.5, 0.6) is 5.75 Å². The number of aromatic nitrogens is 2. The Labute approximate surface area is 168 Å². The topological polar surface area (TPSA) is 143 Å². The highest BCUT2D eigenvalue weighted by atomic mass is 32.2. The van der Waals surface area contributed by atoms with Crippen LogP contribution in [0, 0.1) is 11.3 Å². The number of sulfone groups is 1. The Morgan fingerprint density at radius 3 is 2.66 bits per heavy atom. The number of ether oxygens (including phenoxy) is 1. The molecule has 1 unspecified atom stereocenters. The van der Waals surface area contributed by atoms with Gasteiger partial charge in [0.1, 0.15) is 34.2 Å². The van der Waals surface area contributed by atoms with E-state index in [2.05, 4.69) is 15.7 Å². The van der Waals surface area contributed by atoms with E-state index in [1.165, 1.54) is 24.9 Å². The molecular formula is C18H21N5O5S. The Bertz CT molecular complexity index is 1050. The monoisotopic (exact) mass is 419 g/mol. The molecule has 0 aliphatic heterocycles. The molecule has 0 bridgehead atoms. The van der Waals surface area contributed by atoms with Crippen LogP contribution in [0.15, 0.2) is 30.5 Å². The molecule has 0 saturated carbocycles. The second kappa shape index (κ2) is 9.20. The van der Waals surface area contributed by atoms with Crippen LogP contribution in [-0.4, -0.2) is 47.6 Å². The zero-order chi connectivity index (χ0) is 21.6. The minimum atomic E-state index is -4.12. The van der Waals surface area contributed by atoms with Crippen molar-refractivity contribution in [2.24, 2.45) is 7.05 Å². The van der Waals surface area contributed by atoms with Crippen molar-refractivity contribution in [3.63, 3.8) is 0 Å². The molecule has 2 rings (SSSR count). The first-order chi connectivity index (χ1) is 13.7. The van der Waals surface area contributed by atoms with Crippen molar-refractivity contribution >= 4 is 33.2 Å². The van der Waals surface area contributed by atoms with Crippen molar-refractivity contribution in [3.8, 4) is 11.8 Å². The van der Waals surface area contributed by atoms with Crippen LogP contribution in [0.2, 0.25) is 0 Å². The van der Waals surface area contributed by atoms with Gasteiger partial charge in [0.15, 0.2) is 9.84 Å². The van der Waals surface area contributed by atoms with Crippen LogP contribution in [0.25, 0.3) is 0 Å². The summed E-state index contributed by atoms with van der Waals surface area (Å²) in [6, 6.07) is 8.47. The maximum absolute atomic E-state index is 12.5. The molecular weight excluding hydrogens is 398 g/mol. The standard InChI is InChI=1S/C18H21N5O5S/c1-4-28-15-8-6-5-7-14(15)21-16(24)11-29(26,27)12(2)18(25)22-17-13(9-19)10-20-23(17)3/h5-8,10,12H,4,11H2,1-3H3,(H,21,24)(H,22,25). The predicted octanol–water partition coefficient (Wildman–Crippen LogP) is 1.07. The van der Waals surface area contributed by atoms with Crippen LogP contribution in [0.4, 0.5) is 11.5 Å². The van der Waals surface area contributed by atoms with E-state index in [1.54, 1.807) is 31.2 Å². The molecule has 154 valence electrons. The number of carbonyl (C=O) groups excluding carboxylic acids is 2. The molecule has 2 aromatic rings. The van der Waals surface area contributed by atoms with E-state index >= 15 is 0 Å². The molecule has 0 radical (unpaired) electrons. The number of benzene rings is 1. The van der Waals surface area contributed by atoms with Gasteiger partial charge in [-0.2, -0.15) is 10.4 Å². The molecule has 1 aromatic heterocycles. The smallest absolute Gasteiger partial charge is 0.243 e. The van der Waals surface area contributed by atoms with Gasteiger partial charge in [-0.1, -0.05) is 12.1 Å². The van der Waals surface area contributed by atoms with Crippen LogP contribution in [0.1, 0.15) is 19.4 Å². The lowest BCUT2D eigenvalue weighted by molar-refractivity contribution is -0.115. The van der Waals surface area contributed by atoms with Gasteiger partial charge < -0.3 is 15.4 Å². The number of nitriles is 1. The zero-order valence-corrected chi connectivity index (χ0v) is 17.0. The Kier molecular flexibility index (Phi) is 6.95. The second-order valence-electron chi connectivity index (χ2n) is 6.06. The van der Waals surface area contributed by atoms with Gasteiger partial charge in [-0.25, -0.2) is 8.42 Å². The maximum atomic E-state index is 12.5. The number of amides is 2. The third-order valence-electron chi connectivity index (χ3n) is 4.00. The second-order valence-corrected chi connectivity index (χ2v) is 8.38. The summed E-state index contributed by atoms with van der Waals surface area (Å²) in [5, 5.41) is 16.2. The zero-order valence-electron chi connectivity index (χ0n) is 16.2. The summed E-state index contributed by atoms with van der Waals surface area (Å²) in [4.78, 5) is 24.6. The molecule has 10 nitrogen and oxygen atoms in total. The molecule has 0 fully saturated rings. The number of hydrogen-bond donors (Lipinski definition) is 2. The maximum Gasteiger partial charge on any atom is 0.243 e. The lowest BCUT2D eigenvalue weighted by atomic mass is 10.3. The molecule has 29 heavy (non-hydrogen) atoms. The largest absolute Gasteiger partial charge is 0.492 e. The number of nitrogens with zero attached hydrogens (tertiary/aromatic N) is 3. The van der Waals surface area contributed by atoms with E-state index in [-0.39, 0.29) is 11.4 Å². The van der Waals surface area contributed by atoms with E-state index in [0.717, 1.165) is 0 Å². The third kappa shape index (κ3) is 5.32. The number of hydrogen-bond acceptors (Lipinski definition) is 7. The first kappa shape index (κ1) is 21.9. The molecule has 2 N–H and O–H groups in total. The highest BCUT2D eigenvalue weighted by Gasteiger charge is 2.31. The molecule has 1 atom stereocenters. The fourth-order valence-electron chi connectivity index (χ4n) is 2.39. The summed E-state index contributed by atoms with van der Waals surface area (Å²) in [5.41, 5.74) is 0.427. The van der Waals surface area contributed by atoms with Gasteiger partial charge in [0.25, 0.3) is 0 Å². The van der Waals surface area contributed by atoms with Gasteiger partial charge in [-0.15, -0.1) is 0 Å². The number of para-hydroxylation sites is 2. The van der Waals surface area contributed by atoms with Gasteiger partial charge in [0.05, 0.1) is 18.5 Å². The van der Waals surface area contributed by atoms with Gasteiger partial charge in [0, 0.05) is 7.05 Å². The van der Waals surface area contributed by atoms with Crippen LogP contribution in [-0.2, 0) is 26.5 Å². The van der Waals surface area contributed by atoms with Gasteiger partial charge >= 0.3 is 0 Å². The summed E-state index contributed by atoms with van der Waals surface area (Å²) in [7, 11) is -2.62. The van der Waals surface area contributed by atoms with Crippen molar-refractivity contribution in [2.45, 2.75) is 19.1 Å². The lowest BCUT2D eigenvalue weighted by Crippen LogP contribution is -2.37. The summed E-state index contributed by atoms with van der Waals surface area (Å²) < 4.78 is 31.6. The van der Waals surface area contributed by atoms with Crippen molar-refractivity contribution in [2.75, 3.05) is 23.0 Å². The first-order valence-corrected chi connectivity index (χ1v) is 10.4. The number of rotatable bonds is 8. The SMILES string of the molecule is CCOc1ccccc1NC(=O)CS(=O)(=O)C(C)C(=O)Nc1c(C#N)cnn1C. The van der Waals surface area contributed by atoms with Gasteiger partial charge in [-0.3, -0.25) is 14.3 Å². The summed E-state index contributed by atoms with van der Waals surface area (Å²) in [5.74, 6) is -2.07. The van der Waals surface area contributed by atoms with Crippen molar-refractivity contribution in [1.82, 2.24) is 9.78 Å². The fourth-order valence-corrected chi connectivity index (χ4v) is 3.47. The van der Waals surface area contributed by atoms with Crippen molar-refractivity contribution in [3.05, 3.63) is 36.0 Å². The van der Waals surface area contributed by atoms with E-state index in [4.69, 9.17) is 10.00 Å². The summed E-state index contributed by atoms with van der Waals surface area (Å²) in [6.07, 6.45) is 1.25. The van der Waals surface area contributed by atoms with E-state index in [1.807, 2.05) is 6.07 Å². The first-order valence-electron chi connectivity index (χ1n) is 8.65. The molecule has 11 heteroatoms. The average molecular weight is 419 g/mol. The molecule has 0 spiro atoms. The van der Waals surface area contributed by atoms with Gasteiger partial charge in [0.2, 0.25) is 11.8 Å². The number of anilines is 2. The van der Waals surface area contributed by atoms with Crippen molar-refractivity contribution in [1.29, 1.82) is 5.26 Å². The highest BCUT2D eigenvalue weighted by Crippen LogP contribution is 2.23. The Hall–Kier alpha value is -3.39. The quantitative estimate of drug-likeness (QED) is 0.651. The Balaban J connectivity index is 2.08. The number of carbonyl (C=O) groups is 2. The Morgan fingerprint density at radius 2 is 2.00 bits per heavy atom.